The first-order valence-corrected chi connectivity index (χ1v) is 9.10. The largest absolute Gasteiger partial charge is 0.493 e. The highest BCUT2D eigenvalue weighted by atomic mass is 16.5. The Balaban J connectivity index is 1.96. The third kappa shape index (κ3) is 4.35. The van der Waals surface area contributed by atoms with E-state index in [9.17, 15) is 14.7 Å². The molecule has 1 saturated carbocycles. The monoisotopic (exact) mass is 381 g/mol. The van der Waals surface area contributed by atoms with Gasteiger partial charge >= 0.3 is 5.97 Å². The summed E-state index contributed by atoms with van der Waals surface area (Å²) in [4.78, 5) is 24.6. The Bertz CT molecular complexity index is 908. The molecule has 0 unspecified atom stereocenters. The topological polar surface area (TPSA) is 76.1 Å². The number of aliphatic carboxylic acids is 1. The Kier molecular flexibility index (Phi) is 5.71. The van der Waals surface area contributed by atoms with Crippen LogP contribution in [0.1, 0.15) is 32.3 Å². The molecule has 6 nitrogen and oxygen atoms in total. The fraction of sp³-hybridized carbons (Fsp3) is 0.318. The van der Waals surface area contributed by atoms with E-state index in [0.717, 1.165) is 24.2 Å². The van der Waals surface area contributed by atoms with Crippen molar-refractivity contribution in [2.24, 2.45) is 5.92 Å². The van der Waals surface area contributed by atoms with E-state index < -0.39 is 5.97 Å². The van der Waals surface area contributed by atoms with Crippen molar-refractivity contribution in [3.8, 4) is 11.5 Å². The summed E-state index contributed by atoms with van der Waals surface area (Å²) in [6, 6.07) is 5.10. The summed E-state index contributed by atoms with van der Waals surface area (Å²) < 4.78 is 11.2. The highest BCUT2D eigenvalue weighted by molar-refractivity contribution is 6.15. The molecule has 0 aromatic heterocycles. The normalized spacial score (nSPS) is 16.9. The van der Waals surface area contributed by atoms with Gasteiger partial charge < -0.3 is 19.5 Å². The van der Waals surface area contributed by atoms with Crippen LogP contribution in [0.2, 0.25) is 0 Å². The van der Waals surface area contributed by atoms with Gasteiger partial charge in [-0.05, 0) is 62.5 Å². The lowest BCUT2D eigenvalue weighted by molar-refractivity contribution is -0.130. The van der Waals surface area contributed by atoms with Crippen molar-refractivity contribution in [3.63, 3.8) is 0 Å². The lowest BCUT2D eigenvalue weighted by atomic mass is 10.0. The molecule has 1 fully saturated rings. The molecule has 1 aromatic carbocycles. The number of carboxylic acid groups (broad SMARTS) is 1. The van der Waals surface area contributed by atoms with Gasteiger partial charge in [0.2, 0.25) is 0 Å². The van der Waals surface area contributed by atoms with E-state index in [0.29, 0.717) is 35.2 Å². The Morgan fingerprint density at radius 3 is 2.46 bits per heavy atom. The fourth-order valence-electron chi connectivity index (χ4n) is 3.00. The molecule has 0 radical (unpaired) electrons. The van der Waals surface area contributed by atoms with Crippen molar-refractivity contribution in [1.82, 2.24) is 4.90 Å². The summed E-state index contributed by atoms with van der Waals surface area (Å²) in [5, 5.41) is 9.80. The molecule has 3 rings (SSSR count). The van der Waals surface area contributed by atoms with Crippen LogP contribution in [-0.4, -0.2) is 35.6 Å². The van der Waals surface area contributed by atoms with Gasteiger partial charge in [-0.15, -0.1) is 0 Å². The number of allylic oxidation sites excluding steroid dienone is 5. The van der Waals surface area contributed by atoms with Crippen LogP contribution in [0.15, 0.2) is 53.5 Å². The summed E-state index contributed by atoms with van der Waals surface area (Å²) in [6.07, 6.45) is 7.19. The first-order chi connectivity index (χ1) is 13.4. The van der Waals surface area contributed by atoms with Gasteiger partial charge in [0.15, 0.2) is 11.5 Å². The predicted octanol–water partition coefficient (Wildman–Crippen LogP) is 3.79. The van der Waals surface area contributed by atoms with Gasteiger partial charge in [-0.3, -0.25) is 0 Å². The van der Waals surface area contributed by atoms with Crippen LogP contribution in [-0.2, 0) is 9.59 Å². The third-order valence-corrected chi connectivity index (χ3v) is 4.74. The minimum atomic E-state index is -1.06. The summed E-state index contributed by atoms with van der Waals surface area (Å²) in [5.74, 6) is 2.47. The summed E-state index contributed by atoms with van der Waals surface area (Å²) >= 11 is 0. The van der Waals surface area contributed by atoms with Crippen molar-refractivity contribution in [1.29, 1.82) is 0 Å². The number of methoxy groups -OCH3 is 1. The van der Waals surface area contributed by atoms with Crippen molar-refractivity contribution in [3.05, 3.63) is 59.1 Å². The number of benzene rings is 1. The molecular formula is C22H23NO5. The average Bonchev–Trinajstić information content (AvgIpc) is 3.49. The van der Waals surface area contributed by atoms with Gasteiger partial charge in [-0.2, -0.15) is 0 Å². The second-order valence-corrected chi connectivity index (χ2v) is 6.97. The van der Waals surface area contributed by atoms with Crippen molar-refractivity contribution in [2.45, 2.75) is 26.7 Å². The molecule has 0 atom stereocenters. The molecular weight excluding hydrogens is 358 g/mol. The van der Waals surface area contributed by atoms with E-state index in [2.05, 4.69) is 0 Å². The summed E-state index contributed by atoms with van der Waals surface area (Å²) in [7, 11) is 1.56. The molecule has 2 aliphatic rings. The van der Waals surface area contributed by atoms with Gasteiger partial charge in [0.25, 0.3) is 0 Å². The van der Waals surface area contributed by atoms with E-state index in [1.165, 1.54) is 0 Å². The molecule has 0 spiro atoms. The van der Waals surface area contributed by atoms with E-state index >= 15 is 0 Å². The zero-order chi connectivity index (χ0) is 20.3. The number of carboxylic acids is 1. The van der Waals surface area contributed by atoms with Gasteiger partial charge in [-0.1, -0.05) is 6.07 Å². The summed E-state index contributed by atoms with van der Waals surface area (Å²) in [6.45, 7) is 4.21. The second-order valence-electron chi connectivity index (χ2n) is 6.97. The number of nitrogens with zero attached hydrogens (tertiary/aromatic N) is 1. The molecule has 6 heteroatoms. The maximum absolute atomic E-state index is 12.0. The fourth-order valence-corrected chi connectivity index (χ4v) is 3.00. The van der Waals surface area contributed by atoms with Crippen LogP contribution in [0.3, 0.4) is 0 Å². The second kappa shape index (κ2) is 8.19. The van der Waals surface area contributed by atoms with Crippen LogP contribution < -0.4 is 9.47 Å². The Hall–Kier alpha value is -3.24. The molecule has 1 aliphatic carbocycles. The smallest absolute Gasteiger partial charge is 0.337 e. The Morgan fingerprint density at radius 2 is 1.93 bits per heavy atom. The standard InChI is InChI=1S/C22H23NO5/c1-14-8-17(12-24)9-15(2)23(14)11-19(22(25)26)18-6-7-20(27-3)21(10-18)28-13-16-4-5-16/h6-11,16H,4-5,13H2,1-3H3,(H,25,26). The number of carbonyl (C=O) groups excluding carboxylic acids is 1. The molecule has 1 aliphatic heterocycles. The third-order valence-electron chi connectivity index (χ3n) is 4.74. The Labute approximate surface area is 164 Å². The molecule has 28 heavy (non-hydrogen) atoms. The molecule has 1 aromatic rings. The van der Waals surface area contributed by atoms with Crippen molar-refractivity contribution in [2.75, 3.05) is 13.7 Å². The molecule has 0 bridgehead atoms. The number of ether oxygens (including phenoxy) is 2. The molecule has 0 amide bonds. The van der Waals surface area contributed by atoms with E-state index in [1.807, 2.05) is 19.8 Å². The minimum Gasteiger partial charge on any atom is -0.493 e. The van der Waals surface area contributed by atoms with Crippen LogP contribution >= 0.6 is 0 Å². The molecule has 1 heterocycles. The first kappa shape index (κ1) is 19.5. The van der Waals surface area contributed by atoms with Crippen LogP contribution in [0.25, 0.3) is 5.57 Å². The van der Waals surface area contributed by atoms with E-state index in [-0.39, 0.29) is 5.57 Å². The first-order valence-electron chi connectivity index (χ1n) is 9.10. The number of hydrogen-bond acceptors (Lipinski definition) is 5. The maximum Gasteiger partial charge on any atom is 0.337 e. The Morgan fingerprint density at radius 1 is 1.25 bits per heavy atom. The van der Waals surface area contributed by atoms with Gasteiger partial charge in [0, 0.05) is 17.6 Å². The highest BCUT2D eigenvalue weighted by Crippen LogP contribution is 2.35. The van der Waals surface area contributed by atoms with E-state index in [1.54, 1.807) is 48.6 Å². The van der Waals surface area contributed by atoms with Crippen LogP contribution in [0, 0.1) is 5.92 Å². The van der Waals surface area contributed by atoms with E-state index in [4.69, 9.17) is 9.47 Å². The van der Waals surface area contributed by atoms with Crippen molar-refractivity contribution >= 4 is 17.5 Å². The van der Waals surface area contributed by atoms with Gasteiger partial charge in [0.1, 0.15) is 5.94 Å². The average molecular weight is 381 g/mol. The van der Waals surface area contributed by atoms with Crippen molar-refractivity contribution < 1.29 is 24.2 Å². The van der Waals surface area contributed by atoms with Crippen LogP contribution in [0.4, 0.5) is 0 Å². The zero-order valence-electron chi connectivity index (χ0n) is 16.2. The SMILES string of the molecule is COc1ccc(C(=CN2C(C)=CC(=C=O)C=C2C)C(=O)O)cc1OCC1CC1. The minimum absolute atomic E-state index is 0.109. The lowest BCUT2D eigenvalue weighted by Crippen LogP contribution is -2.18. The number of hydrogen-bond donors (Lipinski definition) is 1. The molecule has 146 valence electrons. The number of carbonyl (C=O) groups is 1. The molecule has 0 saturated heterocycles. The zero-order valence-corrected chi connectivity index (χ0v) is 16.2. The van der Waals surface area contributed by atoms with Gasteiger partial charge in [0.05, 0.1) is 24.9 Å². The maximum atomic E-state index is 12.0. The lowest BCUT2D eigenvalue weighted by Gasteiger charge is -2.26. The molecule has 1 N–H and O–H groups in total. The quantitative estimate of drug-likeness (QED) is 0.572. The predicted molar refractivity (Wildman–Crippen MR) is 105 cm³/mol. The highest BCUT2D eigenvalue weighted by Gasteiger charge is 2.23. The van der Waals surface area contributed by atoms with Gasteiger partial charge in [-0.25, -0.2) is 9.59 Å². The number of rotatable bonds is 7. The van der Waals surface area contributed by atoms with Crippen LogP contribution in [0.5, 0.6) is 11.5 Å². The summed E-state index contributed by atoms with van der Waals surface area (Å²) in [5.41, 5.74) is 2.51.